The maximum atomic E-state index is 13.7. The number of methoxy groups -OCH3 is 1. The van der Waals surface area contributed by atoms with Gasteiger partial charge < -0.3 is 5.11 Å². The molecule has 0 unspecified atom stereocenters. The molecular weight excluding hydrogens is 1700 g/mol. The van der Waals surface area contributed by atoms with Crippen molar-refractivity contribution in [2.75, 3.05) is 13.9 Å². The molecule has 0 saturated heterocycles. The van der Waals surface area contributed by atoms with Crippen molar-refractivity contribution in [1.29, 1.82) is 0 Å². The summed E-state index contributed by atoms with van der Waals surface area (Å²) in [4.78, 5) is 5.24. The summed E-state index contributed by atoms with van der Waals surface area (Å²) >= 11 is -5.71. The van der Waals surface area contributed by atoms with Gasteiger partial charge in [0.25, 0.3) is 5.60 Å². The Morgan fingerprint density at radius 3 is 1.26 bits per heavy atom. The number of alkyl halides is 24. The molecule has 2 aliphatic rings. The van der Waals surface area contributed by atoms with Gasteiger partial charge in [-0.05, 0) is 35.6 Å². The van der Waals surface area contributed by atoms with Crippen molar-refractivity contribution in [3.8, 4) is 0 Å². The molecule has 4 aromatic rings. The monoisotopic (exact) mass is 1740 g/mol. The van der Waals surface area contributed by atoms with Gasteiger partial charge in [-0.2, -0.15) is 26.3 Å². The summed E-state index contributed by atoms with van der Waals surface area (Å²) in [6.07, 6.45) is -45.4. The van der Waals surface area contributed by atoms with Crippen molar-refractivity contribution in [2.24, 2.45) is 0 Å². The van der Waals surface area contributed by atoms with Crippen LogP contribution in [-0.4, -0.2) is 86.8 Å². The minimum atomic E-state index is -5.85. The molecule has 0 bridgehead atoms. The van der Waals surface area contributed by atoms with E-state index in [0.717, 1.165) is 31.4 Å². The van der Waals surface area contributed by atoms with Gasteiger partial charge in [0.1, 0.15) is 0 Å². The molecule has 464 valence electrons. The van der Waals surface area contributed by atoms with Crippen molar-refractivity contribution < 1.29 is 126 Å². The fourth-order valence-corrected chi connectivity index (χ4v) is 23.2. The van der Waals surface area contributed by atoms with E-state index in [1.807, 2.05) is 0 Å². The number of fused-ring (bicyclic) bond motifs is 2. The normalized spacial score (nSPS) is 16.9. The molecule has 4 aromatic carbocycles. The van der Waals surface area contributed by atoms with Crippen LogP contribution in [0.3, 0.4) is 0 Å². The van der Waals surface area contributed by atoms with Crippen molar-refractivity contribution in [2.45, 2.75) is 122 Å². The molecule has 81 heavy (non-hydrogen) atoms. The summed E-state index contributed by atoms with van der Waals surface area (Å²) in [7, 11) is 6.60. The minimum absolute atomic E-state index is 0. The maximum absolute atomic E-state index is 13.7. The number of benzene rings is 4. The second kappa shape index (κ2) is 25.8. The van der Waals surface area contributed by atoms with E-state index < -0.39 is 156 Å². The number of hydrogen-bond donors (Lipinski definition) is 1. The number of halogens is 29. The first kappa shape index (κ1) is 75.9. The van der Waals surface area contributed by atoms with Gasteiger partial charge in [-0.25, -0.2) is 0 Å². The Morgan fingerprint density at radius 1 is 0.543 bits per heavy atom. The first-order valence-corrected chi connectivity index (χ1v) is 43.8. The third-order valence-electron chi connectivity index (χ3n) is 11.2. The molecule has 2 aliphatic heterocycles. The molecule has 0 aliphatic carbocycles. The molecule has 0 atom stereocenters. The third kappa shape index (κ3) is 15.0. The topological polar surface area (TPSA) is 57.2 Å². The predicted octanol–water partition coefficient (Wildman–Crippen LogP) is 19.4. The number of aliphatic hydroxyl groups is 1. The SMILES string of the molecule is C.COCOC(c1cc(C)cc[c]1[Sn]([CH3])([CH3])[CH3])(C(F)(F)F)C(F)(F)F.Cc1ccc([125I])c(C(O)(C(F)(F)F)C(F)(F)F)c1.Cc1ccc2c(c1)C(C(F)(F)F)(C(F)(F)F)O[125I]2Br.Cc1ccc2c(c1)C(C(F)(F)F)(C(F)(F)F)O[125I]2Cl. The standard InChI is InChI=1S/C12H11F6O2.C10H6BrF6IO.C10H6ClF6IO.C10H7F6IO.CH4.3CH3.Sn/c1-8-4-3-5-9(6-8)10(11(13,14)15,12(16,17)18)20-7-19-2;2*1-5-2-3-7-6(4-5)8(9(12,13)14,10(15,16)17)19-18(7)11;1-5-2-3-7(17)6(4-5)8(18,9(11,12)13)10(14,15)16;;;;;/h3-4,6H,7H2,1-2H3;2*2-4H,1H3;2-4,18H,1H3;1H4;3*1H3;/i;2*18-2;17-2;;;;;. The van der Waals surface area contributed by atoms with Crippen molar-refractivity contribution in [1.82, 2.24) is 0 Å². The van der Waals surface area contributed by atoms with E-state index in [1.165, 1.54) is 92.8 Å². The Labute approximate surface area is 488 Å². The van der Waals surface area contributed by atoms with E-state index in [0.29, 0.717) is 17.2 Å². The van der Waals surface area contributed by atoms with Crippen LogP contribution in [0.1, 0.15) is 51.9 Å². The van der Waals surface area contributed by atoms with Crippen LogP contribution in [0.5, 0.6) is 0 Å². The molecule has 0 amide bonds. The van der Waals surface area contributed by atoms with Gasteiger partial charge in [-0.1, -0.05) is 25.1 Å². The fourth-order valence-electron chi connectivity index (χ4n) is 7.39. The van der Waals surface area contributed by atoms with Gasteiger partial charge in [-0.15, -0.1) is 0 Å². The summed E-state index contributed by atoms with van der Waals surface area (Å²) in [6.45, 7) is 4.49. The van der Waals surface area contributed by atoms with Crippen LogP contribution in [0, 0.1) is 38.4 Å². The van der Waals surface area contributed by atoms with Gasteiger partial charge in [0.15, 0.2) is 0 Å². The molecule has 35 heteroatoms. The van der Waals surface area contributed by atoms with Crippen LogP contribution >= 0.6 is 81.3 Å². The number of rotatable bonds is 6. The van der Waals surface area contributed by atoms with E-state index >= 15 is 0 Å². The van der Waals surface area contributed by atoms with Gasteiger partial charge in [0.2, 0.25) is 0 Å². The summed E-state index contributed by atoms with van der Waals surface area (Å²) < 4.78 is 331. The molecule has 0 fully saturated rings. The second-order valence-corrected chi connectivity index (χ2v) is 44.6. The average Bonchev–Trinajstić information content (AvgIpc) is 3.74. The Morgan fingerprint density at radius 2 is 0.889 bits per heavy atom. The van der Waals surface area contributed by atoms with E-state index in [1.54, 1.807) is 14.8 Å². The van der Waals surface area contributed by atoms with Gasteiger partial charge >= 0.3 is 386 Å². The zero-order valence-electron chi connectivity index (χ0n) is 41.2. The van der Waals surface area contributed by atoms with Crippen LogP contribution in [0.4, 0.5) is 105 Å². The summed E-state index contributed by atoms with van der Waals surface area (Å²) in [6, 6.07) is 14.0. The van der Waals surface area contributed by atoms with Crippen LogP contribution in [0.25, 0.3) is 0 Å². The third-order valence-corrected chi connectivity index (χ3v) is 28.2. The van der Waals surface area contributed by atoms with Gasteiger partial charge in [-0.3, -0.25) is 0 Å². The van der Waals surface area contributed by atoms with Crippen molar-refractivity contribution in [3.05, 3.63) is 128 Å². The van der Waals surface area contributed by atoms with Crippen LogP contribution < -0.4 is 3.58 Å². The predicted molar refractivity (Wildman–Crippen MR) is 280 cm³/mol. The Balaban J connectivity index is 0.000000370. The average molecular weight is 1740 g/mol. The van der Waals surface area contributed by atoms with Crippen LogP contribution in [-0.2, 0) is 38.0 Å². The molecule has 5 nitrogen and oxygen atoms in total. The fraction of sp³-hybridized carbons (Fsp3) is 0.478. The quantitative estimate of drug-likeness (QED) is 0.0902. The Bertz CT molecular complexity index is 2660. The van der Waals surface area contributed by atoms with Crippen LogP contribution in [0.15, 0.2) is 72.8 Å². The number of ether oxygens (including phenoxy) is 2. The van der Waals surface area contributed by atoms with Crippen LogP contribution in [0.2, 0.25) is 14.8 Å². The Hall–Kier alpha value is -1.24. The van der Waals surface area contributed by atoms with E-state index in [4.69, 9.17) is 8.91 Å². The second-order valence-electron chi connectivity index (χ2n) is 18.1. The van der Waals surface area contributed by atoms with E-state index in [9.17, 15) is 110 Å². The molecule has 0 spiro atoms. The molecular formula is C46H43BrClF24I3O5Sn. The first-order chi connectivity index (χ1) is 35.6. The summed E-state index contributed by atoms with van der Waals surface area (Å²) in [5.74, 6) is 0. The van der Waals surface area contributed by atoms with Crippen molar-refractivity contribution >= 4 is 103 Å². The number of hydrogen-bond acceptors (Lipinski definition) is 5. The molecule has 1 N–H and O–H groups in total. The van der Waals surface area contributed by atoms with Crippen molar-refractivity contribution in [3.63, 3.8) is 0 Å². The molecule has 6 rings (SSSR count). The Kier molecular flexibility index (Phi) is 24.2. The zero-order valence-corrected chi connectivity index (χ0v) is 52.8. The molecule has 0 saturated carbocycles. The van der Waals surface area contributed by atoms with Gasteiger partial charge in [0, 0.05) is 9.13 Å². The number of aryl methyl sites for hydroxylation is 4. The van der Waals surface area contributed by atoms with E-state index in [2.05, 4.69) is 28.3 Å². The van der Waals surface area contributed by atoms with Gasteiger partial charge in [0.05, 0.1) is 0 Å². The summed E-state index contributed by atoms with van der Waals surface area (Å²) in [5, 5.41) is 9.21. The molecule has 0 radical (unpaired) electrons. The van der Waals surface area contributed by atoms with E-state index in [-0.39, 0.29) is 32.8 Å². The zero-order chi connectivity index (χ0) is 62.6. The molecule has 0 aromatic heterocycles. The molecule has 2 heterocycles. The summed E-state index contributed by atoms with van der Waals surface area (Å²) in [5.41, 5.74) is -20.5. The first-order valence-electron chi connectivity index (χ1n) is 21.2.